The number of benzene rings is 1. The van der Waals surface area contributed by atoms with Gasteiger partial charge in [0.15, 0.2) is 0 Å². The molecule has 3 aliphatic rings. The minimum atomic E-state index is -0.891. The molecular formula is C31H43N3O6S2. The van der Waals surface area contributed by atoms with Crippen molar-refractivity contribution >= 4 is 47.0 Å². The van der Waals surface area contributed by atoms with Gasteiger partial charge in [-0.3, -0.25) is 9.59 Å². The number of allylic oxidation sites excluding steroid dienone is 1. The molecule has 0 bridgehead atoms. The van der Waals surface area contributed by atoms with E-state index in [-0.39, 0.29) is 44.4 Å². The fraction of sp³-hybridized carbons (Fsp3) is 0.645. The maximum absolute atomic E-state index is 13.9. The van der Waals surface area contributed by atoms with Gasteiger partial charge in [0.25, 0.3) is 5.91 Å². The first-order chi connectivity index (χ1) is 19.8. The number of carbonyl (C=O) groups is 3. The second kappa shape index (κ2) is 13.4. The van der Waals surface area contributed by atoms with Gasteiger partial charge in [0.05, 0.1) is 10.7 Å². The second-order valence-corrected chi connectivity index (χ2v) is 15.5. The van der Waals surface area contributed by atoms with Gasteiger partial charge in [-0.15, -0.1) is 28.4 Å². The van der Waals surface area contributed by atoms with Crippen LogP contribution in [0.25, 0.3) is 0 Å². The van der Waals surface area contributed by atoms with Gasteiger partial charge in [-0.05, 0) is 91.0 Å². The summed E-state index contributed by atoms with van der Waals surface area (Å²) in [5.41, 5.74) is 0.214. The zero-order chi connectivity index (χ0) is 30.7. The molecule has 1 aromatic carbocycles. The number of aromatic hydroxyl groups is 1. The van der Waals surface area contributed by atoms with Gasteiger partial charge < -0.3 is 20.1 Å². The minimum absolute atomic E-state index is 0.103. The number of likely N-dealkylation sites (tertiary alicyclic amines) is 1. The highest BCUT2D eigenvalue weighted by atomic mass is 32.2. The Labute approximate surface area is 256 Å². The molecule has 1 saturated carbocycles. The van der Waals surface area contributed by atoms with E-state index in [1.54, 1.807) is 28.4 Å². The molecule has 2 heterocycles. The number of thioether (sulfide) groups is 2. The van der Waals surface area contributed by atoms with Crippen LogP contribution in [-0.4, -0.2) is 62.9 Å². The Balaban J connectivity index is 1.43. The summed E-state index contributed by atoms with van der Waals surface area (Å²) < 4.78 is 6.18. The number of hydrogen-bond donors (Lipinski definition) is 2. The number of nitrogens with zero attached hydrogens (tertiary/aromatic N) is 2. The molecule has 1 saturated heterocycles. The molecule has 42 heavy (non-hydrogen) atoms. The molecule has 5 atom stereocenters. The average Bonchev–Trinajstić information content (AvgIpc) is 3.68. The van der Waals surface area contributed by atoms with E-state index in [0.717, 1.165) is 25.7 Å². The Morgan fingerprint density at radius 1 is 1.24 bits per heavy atom. The topological polar surface area (TPSA) is 125 Å². The standard InChI is InChI=1S/C31H43N3O6S2/c1-19(16-21-12-13-30(2,3)31(21,4)5)40-29(38)24-8-6-14-34(24)28(37)23(18-42-26-9-7-15-41-26)32-27(36)20-10-11-25(35)22(17-20)33-39/h7,10-11,15,17,19,21,23-24,26,35H,6,8-9,12-14,16,18H2,1-5H3,(H,32,36). The van der Waals surface area contributed by atoms with E-state index in [9.17, 15) is 24.4 Å². The maximum Gasteiger partial charge on any atom is 0.329 e. The Kier molecular flexibility index (Phi) is 10.3. The first-order valence-electron chi connectivity index (χ1n) is 14.7. The van der Waals surface area contributed by atoms with E-state index in [2.05, 4.69) is 44.3 Å². The maximum atomic E-state index is 13.9. The Bertz CT molecular complexity index is 1210. The largest absolute Gasteiger partial charge is 0.506 e. The van der Waals surface area contributed by atoms with E-state index in [1.165, 1.54) is 18.2 Å². The lowest BCUT2D eigenvalue weighted by molar-refractivity contribution is -0.158. The number of rotatable bonds is 11. The number of amides is 2. The molecule has 4 rings (SSSR count). The highest BCUT2D eigenvalue weighted by molar-refractivity contribution is 8.18. The van der Waals surface area contributed by atoms with Crippen molar-refractivity contribution in [3.63, 3.8) is 0 Å². The van der Waals surface area contributed by atoms with Crippen LogP contribution >= 0.6 is 23.5 Å². The quantitative estimate of drug-likeness (QED) is 0.217. The number of phenolic OH excluding ortho intramolecular Hbond substituents is 1. The van der Waals surface area contributed by atoms with Gasteiger partial charge in [0.2, 0.25) is 5.91 Å². The van der Waals surface area contributed by atoms with Crippen molar-refractivity contribution in [2.75, 3.05) is 12.3 Å². The molecule has 230 valence electrons. The molecule has 0 spiro atoms. The Morgan fingerprint density at radius 3 is 2.64 bits per heavy atom. The summed E-state index contributed by atoms with van der Waals surface area (Å²) in [6, 6.07) is 2.19. The third-order valence-electron chi connectivity index (χ3n) is 9.67. The lowest BCUT2D eigenvalue weighted by Crippen LogP contribution is -2.53. The van der Waals surface area contributed by atoms with Crippen LogP contribution in [0.3, 0.4) is 0 Å². The Hall–Kier alpha value is -2.53. The van der Waals surface area contributed by atoms with E-state index in [4.69, 9.17) is 4.74 Å². The van der Waals surface area contributed by atoms with Crippen LogP contribution in [0.15, 0.2) is 34.9 Å². The summed E-state index contributed by atoms with van der Waals surface area (Å²) in [4.78, 5) is 53.0. The van der Waals surface area contributed by atoms with Crippen LogP contribution < -0.4 is 5.32 Å². The number of hydrogen-bond acceptors (Lipinski definition) is 9. The first-order valence-corrected chi connectivity index (χ1v) is 16.7. The van der Waals surface area contributed by atoms with Crippen molar-refractivity contribution in [2.24, 2.45) is 21.9 Å². The molecule has 11 heteroatoms. The molecule has 2 amide bonds. The molecule has 1 aliphatic carbocycles. The lowest BCUT2D eigenvalue weighted by Gasteiger charge is -2.40. The van der Waals surface area contributed by atoms with Gasteiger partial charge in [-0.25, -0.2) is 4.79 Å². The fourth-order valence-electron chi connectivity index (χ4n) is 6.21. The summed E-state index contributed by atoms with van der Waals surface area (Å²) in [7, 11) is 0. The summed E-state index contributed by atoms with van der Waals surface area (Å²) in [6.45, 7) is 11.6. The molecule has 0 radical (unpaired) electrons. The third-order valence-corrected chi connectivity index (χ3v) is 12.3. The highest BCUT2D eigenvalue weighted by Crippen LogP contribution is 2.57. The minimum Gasteiger partial charge on any atom is -0.506 e. The van der Waals surface area contributed by atoms with Crippen molar-refractivity contribution in [2.45, 2.75) is 95.9 Å². The highest BCUT2D eigenvalue weighted by Gasteiger charge is 2.49. The molecule has 9 nitrogen and oxygen atoms in total. The summed E-state index contributed by atoms with van der Waals surface area (Å²) in [5.74, 6) is -0.844. The van der Waals surface area contributed by atoms with E-state index in [0.29, 0.717) is 31.1 Å². The lowest BCUT2D eigenvalue weighted by atomic mass is 9.66. The molecule has 2 N–H and O–H groups in total. The van der Waals surface area contributed by atoms with Crippen molar-refractivity contribution in [1.29, 1.82) is 0 Å². The van der Waals surface area contributed by atoms with Crippen LogP contribution in [0.5, 0.6) is 5.75 Å². The smallest absolute Gasteiger partial charge is 0.329 e. The summed E-state index contributed by atoms with van der Waals surface area (Å²) >= 11 is 3.25. The third kappa shape index (κ3) is 7.15. The van der Waals surface area contributed by atoms with Gasteiger partial charge in [0, 0.05) is 17.9 Å². The monoisotopic (exact) mass is 617 g/mol. The van der Waals surface area contributed by atoms with Crippen molar-refractivity contribution in [3.8, 4) is 5.75 Å². The predicted octanol–water partition coefficient (Wildman–Crippen LogP) is 6.37. The van der Waals surface area contributed by atoms with Gasteiger partial charge >= 0.3 is 5.97 Å². The normalized spacial score (nSPS) is 25.6. The fourth-order valence-corrected chi connectivity index (χ4v) is 8.46. The number of esters is 1. The van der Waals surface area contributed by atoms with Crippen LogP contribution in [0.4, 0.5) is 5.69 Å². The van der Waals surface area contributed by atoms with Crippen molar-refractivity contribution < 1.29 is 24.2 Å². The van der Waals surface area contributed by atoms with E-state index in [1.807, 2.05) is 12.3 Å². The summed E-state index contributed by atoms with van der Waals surface area (Å²) in [5, 5.41) is 17.4. The molecule has 2 fully saturated rings. The molecular weight excluding hydrogens is 574 g/mol. The first kappa shape index (κ1) is 32.4. The Morgan fingerprint density at radius 2 is 2.00 bits per heavy atom. The van der Waals surface area contributed by atoms with Crippen LogP contribution in [-0.2, 0) is 14.3 Å². The number of nitroso groups, excluding NO2 is 1. The van der Waals surface area contributed by atoms with Crippen LogP contribution in [0.1, 0.15) is 83.5 Å². The zero-order valence-electron chi connectivity index (χ0n) is 25.1. The average molecular weight is 618 g/mol. The van der Waals surface area contributed by atoms with E-state index >= 15 is 0 Å². The molecule has 2 aliphatic heterocycles. The summed E-state index contributed by atoms with van der Waals surface area (Å²) in [6.07, 6.45) is 6.90. The zero-order valence-corrected chi connectivity index (χ0v) is 26.8. The van der Waals surface area contributed by atoms with E-state index < -0.39 is 24.0 Å². The molecule has 5 unspecified atom stereocenters. The van der Waals surface area contributed by atoms with Crippen molar-refractivity contribution in [3.05, 3.63) is 40.2 Å². The van der Waals surface area contributed by atoms with Crippen LogP contribution in [0.2, 0.25) is 0 Å². The number of nitrogens with one attached hydrogen (secondary N) is 1. The number of phenols is 1. The van der Waals surface area contributed by atoms with Gasteiger partial charge in [-0.2, -0.15) is 0 Å². The SMILES string of the molecule is CC(CC1CCC(C)(C)C1(C)C)OC(=O)C1CCCN1C(=O)C(CSC1CC=CS1)NC(=O)c1ccc(O)c(N=O)c1. The van der Waals surface area contributed by atoms with Gasteiger partial charge in [0.1, 0.15) is 23.5 Å². The van der Waals surface area contributed by atoms with Crippen LogP contribution in [0, 0.1) is 21.7 Å². The predicted molar refractivity (Wildman–Crippen MR) is 168 cm³/mol. The van der Waals surface area contributed by atoms with Crippen molar-refractivity contribution in [1.82, 2.24) is 10.2 Å². The number of carbonyl (C=O) groups excluding carboxylic acids is 3. The number of ether oxygens (including phenoxy) is 1. The van der Waals surface area contributed by atoms with Gasteiger partial charge in [-0.1, -0.05) is 33.8 Å². The molecule has 0 aromatic heterocycles. The molecule has 1 aromatic rings. The second-order valence-electron chi connectivity index (χ2n) is 12.8.